The Balaban J connectivity index is 1.41. The highest BCUT2D eigenvalue weighted by Crippen LogP contribution is 2.39. The number of benzene rings is 2. The number of carbonyl (C=O) groups is 2. The summed E-state index contributed by atoms with van der Waals surface area (Å²) in [4.78, 5) is 24.5. The minimum atomic E-state index is -0.669. The Morgan fingerprint density at radius 2 is 1.75 bits per heavy atom. The Labute approximate surface area is 189 Å². The molecule has 2 aromatic carbocycles. The van der Waals surface area contributed by atoms with Gasteiger partial charge in [-0.15, -0.1) is 0 Å². The molecule has 0 aliphatic heterocycles. The second kappa shape index (κ2) is 10.6. The smallest absolute Gasteiger partial charge is 0.408 e. The van der Waals surface area contributed by atoms with E-state index in [-0.39, 0.29) is 18.7 Å². The van der Waals surface area contributed by atoms with Crippen molar-refractivity contribution in [3.8, 4) is 0 Å². The highest BCUT2D eigenvalue weighted by molar-refractivity contribution is 5.74. The molecular formula is C26H33N3O3. The summed E-state index contributed by atoms with van der Waals surface area (Å²) in [6.45, 7) is 0.171. The first-order chi connectivity index (χ1) is 15.6. The Hall–Kier alpha value is -2.86. The molecule has 4 atom stereocenters. The maximum Gasteiger partial charge on any atom is 0.408 e. The van der Waals surface area contributed by atoms with Gasteiger partial charge in [-0.3, -0.25) is 0 Å². The molecule has 2 aliphatic carbocycles. The van der Waals surface area contributed by atoms with Crippen LogP contribution in [0.1, 0.15) is 55.6 Å². The van der Waals surface area contributed by atoms with Gasteiger partial charge in [0.1, 0.15) is 18.9 Å². The maximum atomic E-state index is 12.5. The van der Waals surface area contributed by atoms with Gasteiger partial charge in [0.25, 0.3) is 0 Å². The average molecular weight is 436 g/mol. The molecule has 6 nitrogen and oxygen atoms in total. The molecule has 170 valence electrons. The van der Waals surface area contributed by atoms with Gasteiger partial charge in [0.2, 0.25) is 0 Å². The van der Waals surface area contributed by atoms with Crippen molar-refractivity contribution in [2.45, 2.75) is 69.2 Å². The van der Waals surface area contributed by atoms with Gasteiger partial charge in [0.15, 0.2) is 0 Å². The molecule has 2 saturated carbocycles. The monoisotopic (exact) mass is 435 g/mol. The van der Waals surface area contributed by atoms with E-state index in [1.54, 1.807) is 0 Å². The van der Waals surface area contributed by atoms with E-state index >= 15 is 0 Å². The van der Waals surface area contributed by atoms with Crippen molar-refractivity contribution in [1.29, 1.82) is 0 Å². The quantitative estimate of drug-likeness (QED) is 0.509. The Kier molecular flexibility index (Phi) is 7.43. The van der Waals surface area contributed by atoms with E-state index in [1.165, 1.54) is 12.0 Å². The van der Waals surface area contributed by atoms with E-state index in [0.29, 0.717) is 11.8 Å². The third-order valence-electron chi connectivity index (χ3n) is 6.70. The lowest BCUT2D eigenvalue weighted by Gasteiger charge is -2.35. The average Bonchev–Trinajstić information content (AvgIpc) is 3.58. The van der Waals surface area contributed by atoms with E-state index < -0.39 is 12.1 Å². The summed E-state index contributed by atoms with van der Waals surface area (Å²) in [5, 5.41) is 6.34. The molecule has 0 aromatic heterocycles. The highest BCUT2D eigenvalue weighted by atomic mass is 16.5. The molecule has 32 heavy (non-hydrogen) atoms. The molecule has 0 heterocycles. The third kappa shape index (κ3) is 5.88. The van der Waals surface area contributed by atoms with Crippen LogP contribution in [0, 0.1) is 5.92 Å². The number of nitrogens with two attached hydrogens (primary N) is 1. The number of rotatable bonds is 9. The summed E-state index contributed by atoms with van der Waals surface area (Å²) in [5.74, 6) is 0.770. The summed E-state index contributed by atoms with van der Waals surface area (Å²) in [5.41, 5.74) is 9.08. The van der Waals surface area contributed by atoms with Crippen LogP contribution in [0.15, 0.2) is 54.6 Å². The minimum absolute atomic E-state index is 0.171. The van der Waals surface area contributed by atoms with Crippen LogP contribution in [0.5, 0.6) is 0 Å². The first-order valence-corrected chi connectivity index (χ1v) is 11.7. The van der Waals surface area contributed by atoms with E-state index in [4.69, 9.17) is 10.5 Å². The number of amides is 1. The molecule has 2 fully saturated rings. The zero-order chi connectivity index (χ0) is 22.3. The van der Waals surface area contributed by atoms with Gasteiger partial charge in [-0.25, -0.2) is 4.79 Å². The van der Waals surface area contributed by atoms with Gasteiger partial charge in [-0.1, -0.05) is 61.7 Å². The number of hydrogen-bond acceptors (Lipinski definition) is 5. The van der Waals surface area contributed by atoms with Gasteiger partial charge >= 0.3 is 6.09 Å². The zero-order valence-corrected chi connectivity index (χ0v) is 18.4. The van der Waals surface area contributed by atoms with Crippen molar-refractivity contribution in [3.05, 3.63) is 65.7 Å². The Bertz CT molecular complexity index is 881. The molecule has 0 radical (unpaired) electrons. The first-order valence-electron chi connectivity index (χ1n) is 11.7. The normalized spacial score (nSPS) is 22.4. The predicted molar refractivity (Wildman–Crippen MR) is 125 cm³/mol. The van der Waals surface area contributed by atoms with Crippen molar-refractivity contribution in [1.82, 2.24) is 5.32 Å². The standard InChI is InChI=1S/C26H33N3O3/c27-23-15-22(23)19-11-13-21(14-12-19)28-25(20-9-5-2-6-10-20)24(16-30)29-26(31)32-17-18-7-3-1-4-8-18/h1,3-4,7-8,11-14,16,20,22-25,28H,2,5-6,9-10,15,17,27H2,(H,29,31). The van der Waals surface area contributed by atoms with Gasteiger partial charge in [0.05, 0.1) is 6.04 Å². The zero-order valence-electron chi connectivity index (χ0n) is 18.4. The second-order valence-corrected chi connectivity index (χ2v) is 9.06. The van der Waals surface area contributed by atoms with Gasteiger partial charge < -0.3 is 25.9 Å². The molecule has 2 aliphatic rings. The van der Waals surface area contributed by atoms with Crippen molar-refractivity contribution >= 4 is 18.1 Å². The van der Waals surface area contributed by atoms with E-state index in [2.05, 4.69) is 22.8 Å². The first kappa shape index (κ1) is 22.3. The molecular weight excluding hydrogens is 402 g/mol. The number of nitrogens with one attached hydrogen (secondary N) is 2. The van der Waals surface area contributed by atoms with Crippen molar-refractivity contribution in [2.24, 2.45) is 11.7 Å². The summed E-state index contributed by atoms with van der Waals surface area (Å²) in [7, 11) is 0. The van der Waals surface area contributed by atoms with Crippen LogP contribution in [0.4, 0.5) is 10.5 Å². The highest BCUT2D eigenvalue weighted by Gasteiger charge is 2.35. The summed E-state index contributed by atoms with van der Waals surface area (Å²) in [6.07, 6.45) is 6.88. The summed E-state index contributed by atoms with van der Waals surface area (Å²) in [6, 6.07) is 17.2. The molecule has 0 saturated heterocycles. The van der Waals surface area contributed by atoms with E-state index in [0.717, 1.165) is 49.6 Å². The second-order valence-electron chi connectivity index (χ2n) is 9.06. The lowest BCUT2D eigenvalue weighted by molar-refractivity contribution is -0.110. The van der Waals surface area contributed by atoms with Crippen LogP contribution in [0.2, 0.25) is 0 Å². The van der Waals surface area contributed by atoms with Crippen molar-refractivity contribution in [2.75, 3.05) is 5.32 Å². The van der Waals surface area contributed by atoms with Gasteiger partial charge in [0, 0.05) is 17.6 Å². The van der Waals surface area contributed by atoms with Crippen LogP contribution in [-0.2, 0) is 16.1 Å². The number of aldehydes is 1. The maximum absolute atomic E-state index is 12.5. The molecule has 4 rings (SSSR count). The van der Waals surface area contributed by atoms with Crippen LogP contribution in [0.3, 0.4) is 0 Å². The minimum Gasteiger partial charge on any atom is -0.445 e. The number of ether oxygens (including phenoxy) is 1. The molecule has 4 N–H and O–H groups in total. The molecule has 6 heteroatoms. The van der Waals surface area contributed by atoms with Crippen LogP contribution in [-0.4, -0.2) is 30.5 Å². The number of hydrogen-bond donors (Lipinski definition) is 3. The van der Waals surface area contributed by atoms with Crippen LogP contribution in [0.25, 0.3) is 0 Å². The SMILES string of the molecule is NC1CC1c1ccc(NC(C2CCCCC2)C(C=O)NC(=O)OCc2ccccc2)cc1. The Morgan fingerprint density at radius 1 is 1.06 bits per heavy atom. The molecule has 2 aromatic rings. The van der Waals surface area contributed by atoms with E-state index in [1.807, 2.05) is 42.5 Å². The van der Waals surface area contributed by atoms with Crippen LogP contribution < -0.4 is 16.4 Å². The fourth-order valence-corrected chi connectivity index (χ4v) is 4.72. The topological polar surface area (TPSA) is 93.5 Å². The van der Waals surface area contributed by atoms with Gasteiger partial charge in [-0.05, 0) is 48.4 Å². The summed E-state index contributed by atoms with van der Waals surface area (Å²) >= 11 is 0. The number of alkyl carbamates (subject to hydrolysis) is 1. The fourth-order valence-electron chi connectivity index (χ4n) is 4.72. The Morgan fingerprint density at radius 3 is 2.38 bits per heavy atom. The predicted octanol–water partition coefficient (Wildman–Crippen LogP) is 4.36. The molecule has 0 bridgehead atoms. The van der Waals surface area contributed by atoms with Crippen molar-refractivity contribution < 1.29 is 14.3 Å². The van der Waals surface area contributed by atoms with Crippen molar-refractivity contribution in [3.63, 3.8) is 0 Å². The fraction of sp³-hybridized carbons (Fsp3) is 0.462. The third-order valence-corrected chi connectivity index (χ3v) is 6.70. The lowest BCUT2D eigenvalue weighted by Crippen LogP contribution is -2.51. The number of anilines is 1. The number of carbonyl (C=O) groups excluding carboxylic acids is 2. The largest absolute Gasteiger partial charge is 0.445 e. The lowest BCUT2D eigenvalue weighted by atomic mass is 9.81. The van der Waals surface area contributed by atoms with Crippen LogP contribution >= 0.6 is 0 Å². The summed E-state index contributed by atoms with van der Waals surface area (Å²) < 4.78 is 5.36. The molecule has 4 unspecified atom stereocenters. The molecule has 1 amide bonds. The van der Waals surface area contributed by atoms with Gasteiger partial charge in [-0.2, -0.15) is 0 Å². The van der Waals surface area contributed by atoms with E-state index in [9.17, 15) is 9.59 Å². The molecule has 0 spiro atoms.